The molecule has 0 saturated heterocycles. The van der Waals surface area contributed by atoms with E-state index < -0.39 is 5.60 Å². The van der Waals surface area contributed by atoms with Crippen molar-refractivity contribution in [3.8, 4) is 6.07 Å². The lowest BCUT2D eigenvalue weighted by molar-refractivity contribution is 0.0224. The monoisotopic (exact) mass is 410 g/mol. The van der Waals surface area contributed by atoms with Gasteiger partial charge in [0.05, 0.1) is 11.6 Å². The van der Waals surface area contributed by atoms with E-state index in [1.54, 1.807) is 4.90 Å². The molecule has 4 rings (SSSR count). The molecule has 0 aliphatic carbocycles. The Labute approximate surface area is 183 Å². The number of nitriles is 1. The molecule has 0 radical (unpaired) electrons. The molecule has 1 heterocycles. The second kappa shape index (κ2) is 8.28. The van der Waals surface area contributed by atoms with Crippen LogP contribution in [0.3, 0.4) is 0 Å². The van der Waals surface area contributed by atoms with Crippen molar-refractivity contribution < 1.29 is 9.53 Å². The standard InChI is InChI=1S/C27H26N2O2/c1-27(2,3)31-26(30)29-13-12-24-15-20(7-11-25(24)18-29)5-4-19-6-9-23-16-21(17-28)8-10-22(23)14-19/h4-11,14-16H,12-13,18H2,1-3H3. The van der Waals surface area contributed by atoms with Gasteiger partial charge in [0.1, 0.15) is 5.60 Å². The predicted octanol–water partition coefficient (Wildman–Crippen LogP) is 6.18. The highest BCUT2D eigenvalue weighted by molar-refractivity contribution is 5.87. The van der Waals surface area contributed by atoms with Crippen LogP contribution in [0.2, 0.25) is 0 Å². The van der Waals surface area contributed by atoms with Gasteiger partial charge in [0.15, 0.2) is 0 Å². The van der Waals surface area contributed by atoms with Crippen LogP contribution in [0.4, 0.5) is 4.79 Å². The van der Waals surface area contributed by atoms with Crippen LogP contribution < -0.4 is 0 Å². The molecule has 4 nitrogen and oxygen atoms in total. The summed E-state index contributed by atoms with van der Waals surface area (Å²) in [7, 11) is 0. The van der Waals surface area contributed by atoms with Gasteiger partial charge in [0, 0.05) is 13.1 Å². The summed E-state index contributed by atoms with van der Waals surface area (Å²) in [6.07, 6.45) is 4.80. The van der Waals surface area contributed by atoms with E-state index in [2.05, 4.69) is 48.6 Å². The molecule has 4 heteroatoms. The van der Waals surface area contributed by atoms with Crippen LogP contribution in [0.15, 0.2) is 54.6 Å². The Kier molecular flexibility index (Phi) is 5.52. The number of nitrogens with zero attached hydrogens (tertiary/aromatic N) is 2. The number of carbonyl (C=O) groups is 1. The summed E-state index contributed by atoms with van der Waals surface area (Å²) in [5.74, 6) is 0. The van der Waals surface area contributed by atoms with Crippen LogP contribution in [-0.2, 0) is 17.7 Å². The molecule has 3 aromatic carbocycles. The van der Waals surface area contributed by atoms with Gasteiger partial charge in [-0.3, -0.25) is 0 Å². The summed E-state index contributed by atoms with van der Waals surface area (Å²) in [5.41, 5.74) is 4.91. The number of rotatable bonds is 2. The molecular formula is C27H26N2O2. The molecule has 0 N–H and O–H groups in total. The molecule has 0 bridgehead atoms. The first-order valence-electron chi connectivity index (χ1n) is 10.5. The second-order valence-electron chi connectivity index (χ2n) is 8.95. The fraction of sp³-hybridized carbons (Fsp3) is 0.259. The number of hydrogen-bond acceptors (Lipinski definition) is 3. The number of carbonyl (C=O) groups excluding carboxylic acids is 1. The Balaban J connectivity index is 1.48. The maximum Gasteiger partial charge on any atom is 0.410 e. The molecule has 156 valence electrons. The van der Waals surface area contributed by atoms with Gasteiger partial charge in [-0.15, -0.1) is 0 Å². The molecule has 0 unspecified atom stereocenters. The van der Waals surface area contributed by atoms with Crippen molar-refractivity contribution in [2.45, 2.75) is 39.3 Å². The average Bonchev–Trinajstić information content (AvgIpc) is 2.75. The maximum atomic E-state index is 12.4. The third kappa shape index (κ3) is 4.95. The van der Waals surface area contributed by atoms with Crippen molar-refractivity contribution in [3.05, 3.63) is 82.4 Å². The van der Waals surface area contributed by atoms with Crippen LogP contribution in [0, 0.1) is 11.3 Å². The molecule has 31 heavy (non-hydrogen) atoms. The largest absolute Gasteiger partial charge is 0.444 e. The number of amides is 1. The van der Waals surface area contributed by atoms with Gasteiger partial charge in [-0.05, 0) is 78.4 Å². The highest BCUT2D eigenvalue weighted by Crippen LogP contribution is 2.24. The van der Waals surface area contributed by atoms with Crippen LogP contribution in [0.1, 0.15) is 48.6 Å². The number of hydrogen-bond donors (Lipinski definition) is 0. The van der Waals surface area contributed by atoms with E-state index >= 15 is 0 Å². The summed E-state index contributed by atoms with van der Waals surface area (Å²) in [6.45, 7) is 6.93. The Bertz CT molecular complexity index is 1210. The van der Waals surface area contributed by atoms with Gasteiger partial charge in [-0.25, -0.2) is 4.79 Å². The van der Waals surface area contributed by atoms with Crippen LogP contribution in [-0.4, -0.2) is 23.1 Å². The third-order valence-corrected chi connectivity index (χ3v) is 5.36. The Morgan fingerprint density at radius 3 is 2.39 bits per heavy atom. The van der Waals surface area contributed by atoms with E-state index in [9.17, 15) is 4.79 Å². The first kappa shape index (κ1) is 20.7. The van der Waals surface area contributed by atoms with Crippen molar-refractivity contribution >= 4 is 29.0 Å². The highest BCUT2D eigenvalue weighted by atomic mass is 16.6. The summed E-state index contributed by atoms with van der Waals surface area (Å²) in [5, 5.41) is 11.2. The van der Waals surface area contributed by atoms with Crippen molar-refractivity contribution in [3.63, 3.8) is 0 Å². The van der Waals surface area contributed by atoms with E-state index in [0.29, 0.717) is 18.7 Å². The van der Waals surface area contributed by atoms with Crippen molar-refractivity contribution in [2.75, 3.05) is 6.54 Å². The van der Waals surface area contributed by atoms with Crippen molar-refractivity contribution in [1.29, 1.82) is 5.26 Å². The normalized spacial score (nSPS) is 13.8. The summed E-state index contributed by atoms with van der Waals surface area (Å²) in [6, 6.07) is 20.6. The zero-order valence-electron chi connectivity index (χ0n) is 18.2. The Morgan fingerprint density at radius 1 is 0.968 bits per heavy atom. The summed E-state index contributed by atoms with van der Waals surface area (Å²) < 4.78 is 5.51. The van der Waals surface area contributed by atoms with E-state index in [0.717, 1.165) is 28.3 Å². The lowest BCUT2D eigenvalue weighted by atomic mass is 9.97. The minimum absolute atomic E-state index is 0.250. The first-order chi connectivity index (χ1) is 14.8. The fourth-order valence-electron chi connectivity index (χ4n) is 3.79. The molecular weight excluding hydrogens is 384 g/mol. The Morgan fingerprint density at radius 2 is 1.65 bits per heavy atom. The molecule has 1 amide bonds. The number of ether oxygens (including phenoxy) is 1. The third-order valence-electron chi connectivity index (χ3n) is 5.36. The van der Waals surface area contributed by atoms with Crippen LogP contribution >= 0.6 is 0 Å². The molecule has 0 aromatic heterocycles. The van der Waals surface area contributed by atoms with Crippen LogP contribution in [0.25, 0.3) is 22.9 Å². The highest BCUT2D eigenvalue weighted by Gasteiger charge is 2.25. The zero-order chi connectivity index (χ0) is 22.0. The molecule has 1 aliphatic heterocycles. The maximum absolute atomic E-state index is 12.4. The topological polar surface area (TPSA) is 53.3 Å². The van der Waals surface area contributed by atoms with E-state index in [-0.39, 0.29) is 6.09 Å². The van der Waals surface area contributed by atoms with Gasteiger partial charge in [0.2, 0.25) is 0 Å². The predicted molar refractivity (Wildman–Crippen MR) is 124 cm³/mol. The zero-order valence-corrected chi connectivity index (χ0v) is 18.2. The van der Waals surface area contributed by atoms with Gasteiger partial charge >= 0.3 is 6.09 Å². The number of benzene rings is 3. The smallest absolute Gasteiger partial charge is 0.410 e. The lowest BCUT2D eigenvalue weighted by Gasteiger charge is -2.31. The minimum atomic E-state index is -0.479. The fourth-order valence-corrected chi connectivity index (χ4v) is 3.79. The summed E-state index contributed by atoms with van der Waals surface area (Å²) >= 11 is 0. The lowest BCUT2D eigenvalue weighted by Crippen LogP contribution is -2.39. The van der Waals surface area contributed by atoms with Crippen molar-refractivity contribution in [1.82, 2.24) is 4.90 Å². The Hall–Kier alpha value is -3.58. The molecule has 0 atom stereocenters. The van der Waals surface area contributed by atoms with E-state index in [1.807, 2.05) is 45.0 Å². The van der Waals surface area contributed by atoms with Gasteiger partial charge in [-0.2, -0.15) is 5.26 Å². The van der Waals surface area contributed by atoms with Gasteiger partial charge in [-0.1, -0.05) is 48.6 Å². The molecule has 3 aromatic rings. The average molecular weight is 411 g/mol. The van der Waals surface area contributed by atoms with E-state index in [1.165, 1.54) is 11.1 Å². The molecule has 0 fully saturated rings. The molecule has 0 spiro atoms. The van der Waals surface area contributed by atoms with Gasteiger partial charge < -0.3 is 9.64 Å². The summed E-state index contributed by atoms with van der Waals surface area (Å²) in [4.78, 5) is 14.1. The second-order valence-corrected chi connectivity index (χ2v) is 8.95. The van der Waals surface area contributed by atoms with E-state index in [4.69, 9.17) is 10.00 Å². The SMILES string of the molecule is CC(C)(C)OC(=O)N1CCc2cc(C=Cc3ccc4cc(C#N)ccc4c3)ccc2C1. The van der Waals surface area contributed by atoms with Gasteiger partial charge in [0.25, 0.3) is 0 Å². The molecule has 1 aliphatic rings. The number of fused-ring (bicyclic) bond motifs is 2. The van der Waals surface area contributed by atoms with Crippen LogP contribution in [0.5, 0.6) is 0 Å². The molecule has 0 saturated carbocycles. The quantitative estimate of drug-likeness (QED) is 0.474. The van der Waals surface area contributed by atoms with Crippen molar-refractivity contribution in [2.24, 2.45) is 0 Å². The first-order valence-corrected chi connectivity index (χ1v) is 10.5. The minimum Gasteiger partial charge on any atom is -0.444 e.